The van der Waals surface area contributed by atoms with Crippen LogP contribution in [0.15, 0.2) is 60.7 Å². The van der Waals surface area contributed by atoms with Crippen LogP contribution in [0.5, 0.6) is 0 Å². The Morgan fingerprint density at radius 3 is 2.53 bits per heavy atom. The highest BCUT2D eigenvalue weighted by Crippen LogP contribution is 2.41. The van der Waals surface area contributed by atoms with Gasteiger partial charge >= 0.3 is 0 Å². The Bertz CT molecular complexity index is 958. The molecule has 1 aromatic heterocycles. The maximum absolute atomic E-state index is 6.19. The van der Waals surface area contributed by atoms with Crippen molar-refractivity contribution in [1.29, 1.82) is 0 Å². The number of methoxy groups -OCH3 is 1. The number of hydrogen-bond donors (Lipinski definition) is 2. The minimum Gasteiger partial charge on any atom is -0.358 e. The van der Waals surface area contributed by atoms with Crippen molar-refractivity contribution in [2.45, 2.75) is 49.5 Å². The average molecular weight is 405 g/mol. The van der Waals surface area contributed by atoms with Crippen LogP contribution in [-0.4, -0.2) is 39.9 Å². The zero-order valence-electron chi connectivity index (χ0n) is 17.2. The van der Waals surface area contributed by atoms with E-state index in [1.165, 1.54) is 18.4 Å². The van der Waals surface area contributed by atoms with Crippen LogP contribution in [-0.2, 0) is 17.0 Å². The minimum atomic E-state index is -0.611. The summed E-state index contributed by atoms with van der Waals surface area (Å²) < 4.78 is 8.22. The minimum absolute atomic E-state index is 0.0418. The molecule has 2 heterocycles. The number of piperidine rings is 1. The van der Waals surface area contributed by atoms with E-state index in [-0.39, 0.29) is 12.1 Å². The molecule has 3 atom stereocenters. The molecular formula is C23H28N6O. The topological polar surface area (TPSA) is 76.9 Å². The van der Waals surface area contributed by atoms with Gasteiger partial charge in [-0.1, -0.05) is 60.7 Å². The number of hydrogen-bond acceptors (Lipinski definition) is 6. The first-order valence-electron chi connectivity index (χ1n) is 10.7. The van der Waals surface area contributed by atoms with E-state index in [4.69, 9.17) is 4.74 Å². The maximum Gasteiger partial charge on any atom is 0.160 e. The molecule has 2 N–H and O–H groups in total. The van der Waals surface area contributed by atoms with Gasteiger partial charge in [0.25, 0.3) is 0 Å². The normalized spacial score (nSPS) is 26.6. The largest absolute Gasteiger partial charge is 0.358 e. The highest BCUT2D eigenvalue weighted by molar-refractivity contribution is 5.26. The van der Waals surface area contributed by atoms with Gasteiger partial charge in [0, 0.05) is 31.7 Å². The molecule has 1 aliphatic heterocycles. The van der Waals surface area contributed by atoms with Crippen molar-refractivity contribution >= 4 is 0 Å². The van der Waals surface area contributed by atoms with Crippen molar-refractivity contribution in [1.82, 2.24) is 30.8 Å². The van der Waals surface area contributed by atoms with Crippen LogP contribution in [0.1, 0.15) is 48.2 Å². The first-order valence-corrected chi connectivity index (χ1v) is 10.7. The van der Waals surface area contributed by atoms with Gasteiger partial charge in [0.2, 0.25) is 0 Å². The Morgan fingerprint density at radius 2 is 1.83 bits per heavy atom. The molecule has 156 valence electrons. The van der Waals surface area contributed by atoms with Crippen molar-refractivity contribution < 1.29 is 4.74 Å². The van der Waals surface area contributed by atoms with E-state index in [2.05, 4.69) is 74.7 Å². The van der Waals surface area contributed by atoms with Crippen LogP contribution in [0, 0.1) is 0 Å². The fraction of sp³-hybridized carbons (Fsp3) is 0.435. The van der Waals surface area contributed by atoms with Crippen molar-refractivity contribution in [3.8, 4) is 0 Å². The fourth-order valence-electron chi connectivity index (χ4n) is 4.56. The van der Waals surface area contributed by atoms with Gasteiger partial charge in [0.05, 0.1) is 12.1 Å². The number of rotatable bonds is 7. The maximum atomic E-state index is 6.19. The third-order valence-corrected chi connectivity index (χ3v) is 6.33. The third kappa shape index (κ3) is 3.64. The number of nitrogens with one attached hydrogen (secondary N) is 2. The smallest absolute Gasteiger partial charge is 0.160 e. The zero-order chi connectivity index (χ0) is 20.4. The highest BCUT2D eigenvalue weighted by Gasteiger charge is 2.46. The number of nitrogens with zero attached hydrogens (tertiary/aromatic N) is 4. The van der Waals surface area contributed by atoms with Gasteiger partial charge in [-0.2, -0.15) is 0 Å². The molecule has 1 saturated carbocycles. The Kier molecular flexibility index (Phi) is 5.33. The molecule has 0 bridgehead atoms. The monoisotopic (exact) mass is 404 g/mol. The molecule has 5 rings (SSSR count). The Hall–Kier alpha value is -2.61. The molecule has 0 spiro atoms. The number of tetrazole rings is 1. The summed E-state index contributed by atoms with van der Waals surface area (Å²) in [5, 5.41) is 20.1. The van der Waals surface area contributed by atoms with E-state index in [1.54, 1.807) is 7.11 Å². The summed E-state index contributed by atoms with van der Waals surface area (Å²) >= 11 is 0. The van der Waals surface area contributed by atoms with Crippen LogP contribution in [0.3, 0.4) is 0 Å². The molecule has 30 heavy (non-hydrogen) atoms. The van der Waals surface area contributed by atoms with Crippen LogP contribution in [0.4, 0.5) is 0 Å². The third-order valence-electron chi connectivity index (χ3n) is 6.33. The van der Waals surface area contributed by atoms with Crippen LogP contribution in [0.2, 0.25) is 0 Å². The van der Waals surface area contributed by atoms with Crippen molar-refractivity contribution in [3.63, 3.8) is 0 Å². The number of aromatic nitrogens is 4. The summed E-state index contributed by atoms with van der Waals surface area (Å²) in [5.74, 6) is 1.53. The molecule has 7 nitrogen and oxygen atoms in total. The van der Waals surface area contributed by atoms with E-state index < -0.39 is 5.72 Å². The molecule has 7 heteroatoms. The lowest BCUT2D eigenvalue weighted by Crippen LogP contribution is -2.63. The summed E-state index contributed by atoms with van der Waals surface area (Å²) in [4.78, 5) is 0. The van der Waals surface area contributed by atoms with Crippen molar-refractivity contribution in [2.75, 3.05) is 13.7 Å². The van der Waals surface area contributed by atoms with E-state index >= 15 is 0 Å². The summed E-state index contributed by atoms with van der Waals surface area (Å²) in [5.41, 5.74) is 1.76. The molecule has 3 aromatic rings. The molecule has 2 aromatic carbocycles. The van der Waals surface area contributed by atoms with E-state index in [0.717, 1.165) is 30.9 Å². The predicted octanol–water partition coefficient (Wildman–Crippen LogP) is 2.74. The summed E-state index contributed by atoms with van der Waals surface area (Å²) in [6.07, 6.45) is 3.23. The molecule has 1 unspecified atom stereocenters. The van der Waals surface area contributed by atoms with Gasteiger partial charge in [-0.3, -0.25) is 5.32 Å². The molecule has 2 aliphatic rings. The quantitative estimate of drug-likeness (QED) is 0.631. The Labute approximate surface area is 176 Å². The standard InChI is InChI=1S/C23H28N6O/c1-30-23(19-10-6-3-7-11-19)21(24-15-17-8-4-2-5-9-17)14-20(16-25-23)29-22(18-12-13-18)26-27-28-29/h2-11,18,20-21,24-25H,12-16H2,1H3/t20?,21-,23+/m1/s1. The molecule has 0 amide bonds. The molecule has 1 aliphatic carbocycles. The zero-order valence-corrected chi connectivity index (χ0v) is 17.2. The van der Waals surface area contributed by atoms with Gasteiger partial charge < -0.3 is 10.1 Å². The SMILES string of the molecule is CO[C@]1(c2ccccc2)NCC(n2nnnc2C2CC2)C[C@H]1NCc1ccccc1. The number of benzene rings is 2. The first-order chi connectivity index (χ1) is 14.8. The predicted molar refractivity (Wildman–Crippen MR) is 114 cm³/mol. The number of ether oxygens (including phenoxy) is 1. The molecular weight excluding hydrogens is 376 g/mol. The van der Waals surface area contributed by atoms with Gasteiger partial charge in [-0.15, -0.1) is 5.10 Å². The molecule has 2 fully saturated rings. The average Bonchev–Trinajstić information content (AvgIpc) is 3.55. The van der Waals surface area contributed by atoms with E-state index in [1.807, 2.05) is 16.8 Å². The van der Waals surface area contributed by atoms with Gasteiger partial charge in [0.1, 0.15) is 0 Å². The van der Waals surface area contributed by atoms with Gasteiger partial charge in [0.15, 0.2) is 11.5 Å². The Morgan fingerprint density at radius 1 is 1.10 bits per heavy atom. The lowest BCUT2D eigenvalue weighted by atomic mass is 9.85. The van der Waals surface area contributed by atoms with Crippen LogP contribution in [0.25, 0.3) is 0 Å². The second-order valence-corrected chi connectivity index (χ2v) is 8.25. The van der Waals surface area contributed by atoms with Crippen molar-refractivity contribution in [2.24, 2.45) is 0 Å². The molecule has 1 saturated heterocycles. The fourth-order valence-corrected chi connectivity index (χ4v) is 4.56. The van der Waals surface area contributed by atoms with Gasteiger partial charge in [-0.05, 0) is 35.3 Å². The Balaban J connectivity index is 1.44. The van der Waals surface area contributed by atoms with Crippen LogP contribution >= 0.6 is 0 Å². The molecule has 0 radical (unpaired) electrons. The van der Waals surface area contributed by atoms with Gasteiger partial charge in [-0.25, -0.2) is 4.68 Å². The highest BCUT2D eigenvalue weighted by atomic mass is 16.5. The summed E-state index contributed by atoms with van der Waals surface area (Å²) in [6.45, 7) is 1.51. The van der Waals surface area contributed by atoms with Crippen LogP contribution < -0.4 is 10.6 Å². The lowest BCUT2D eigenvalue weighted by Gasteiger charge is -2.47. The summed E-state index contributed by atoms with van der Waals surface area (Å²) in [6, 6.07) is 21.1. The second kappa shape index (κ2) is 8.26. The van der Waals surface area contributed by atoms with E-state index in [9.17, 15) is 0 Å². The lowest BCUT2D eigenvalue weighted by molar-refractivity contribution is -0.0990. The van der Waals surface area contributed by atoms with E-state index in [0.29, 0.717) is 5.92 Å². The summed E-state index contributed by atoms with van der Waals surface area (Å²) in [7, 11) is 1.78. The van der Waals surface area contributed by atoms with Crippen molar-refractivity contribution in [3.05, 3.63) is 77.6 Å². The second-order valence-electron chi connectivity index (χ2n) is 8.25. The first kappa shape index (κ1) is 19.4.